The second kappa shape index (κ2) is 9.24. The molecule has 7 nitrogen and oxygen atoms in total. The maximum Gasteiger partial charge on any atom is 0.226 e. The summed E-state index contributed by atoms with van der Waals surface area (Å²) in [6, 6.07) is 7.98. The van der Waals surface area contributed by atoms with Gasteiger partial charge in [-0.05, 0) is 24.1 Å². The van der Waals surface area contributed by atoms with Gasteiger partial charge in [-0.25, -0.2) is 0 Å². The van der Waals surface area contributed by atoms with Crippen LogP contribution in [0.1, 0.15) is 25.3 Å². The highest BCUT2D eigenvalue weighted by atomic mass is 35.5. The predicted octanol–water partition coefficient (Wildman–Crippen LogP) is 3.62. The van der Waals surface area contributed by atoms with Gasteiger partial charge in [0.2, 0.25) is 5.95 Å². The summed E-state index contributed by atoms with van der Waals surface area (Å²) in [6.07, 6.45) is 4.01. The van der Waals surface area contributed by atoms with E-state index in [0.717, 1.165) is 47.6 Å². The molecule has 0 atom stereocenters. The molecule has 0 saturated carbocycles. The van der Waals surface area contributed by atoms with E-state index in [-0.39, 0.29) is 12.4 Å². The molecule has 26 heavy (non-hydrogen) atoms. The Hall–Kier alpha value is -2.54. The molecule has 0 amide bonds. The molecule has 1 aromatic carbocycles. The number of aryl methyl sites for hydroxylation is 1. The van der Waals surface area contributed by atoms with Crippen molar-refractivity contribution in [3.8, 4) is 5.75 Å². The smallest absolute Gasteiger partial charge is 0.226 e. The average molecular weight is 377 g/mol. The van der Waals surface area contributed by atoms with Crippen LogP contribution in [0.3, 0.4) is 0 Å². The number of fused-ring (bicyclic) bond motifs is 1. The van der Waals surface area contributed by atoms with Crippen LogP contribution in [0.5, 0.6) is 5.75 Å². The van der Waals surface area contributed by atoms with Gasteiger partial charge in [0.15, 0.2) is 5.65 Å². The van der Waals surface area contributed by atoms with Crippen LogP contribution >= 0.6 is 12.4 Å². The van der Waals surface area contributed by atoms with Gasteiger partial charge in [-0.1, -0.05) is 25.5 Å². The topological polar surface area (TPSA) is 76.9 Å². The summed E-state index contributed by atoms with van der Waals surface area (Å²) in [5.74, 6) is 2.26. The van der Waals surface area contributed by atoms with Crippen molar-refractivity contribution in [3.63, 3.8) is 0 Å². The fourth-order valence-electron chi connectivity index (χ4n) is 2.54. The van der Waals surface area contributed by atoms with Gasteiger partial charge >= 0.3 is 0 Å². The van der Waals surface area contributed by atoms with Crippen LogP contribution in [0.25, 0.3) is 11.0 Å². The van der Waals surface area contributed by atoms with Gasteiger partial charge in [-0.3, -0.25) is 4.68 Å². The first-order valence-electron chi connectivity index (χ1n) is 8.51. The second-order valence-corrected chi connectivity index (χ2v) is 5.88. The molecule has 8 heteroatoms. The number of unbranched alkanes of at least 4 members (excludes halogenated alkanes) is 1. The Morgan fingerprint density at radius 1 is 1.12 bits per heavy atom. The minimum absolute atomic E-state index is 0. The van der Waals surface area contributed by atoms with Crippen LogP contribution in [0.15, 0.2) is 30.5 Å². The molecule has 2 aromatic heterocycles. The van der Waals surface area contributed by atoms with Crippen LogP contribution in [0.2, 0.25) is 0 Å². The van der Waals surface area contributed by atoms with E-state index < -0.39 is 0 Å². The third-order valence-electron chi connectivity index (χ3n) is 4.02. The number of hydrogen-bond acceptors (Lipinski definition) is 6. The van der Waals surface area contributed by atoms with Crippen molar-refractivity contribution in [1.82, 2.24) is 19.7 Å². The molecular weight excluding hydrogens is 352 g/mol. The second-order valence-electron chi connectivity index (χ2n) is 5.88. The SMILES string of the molecule is CCCCNc1nc(NCc2ccc(OC)cc2)c2cnn(C)c2n1.Cl. The minimum Gasteiger partial charge on any atom is -0.497 e. The number of anilines is 2. The zero-order chi connectivity index (χ0) is 17.6. The van der Waals surface area contributed by atoms with Gasteiger partial charge in [0.25, 0.3) is 0 Å². The third kappa shape index (κ3) is 4.54. The van der Waals surface area contributed by atoms with E-state index in [1.165, 1.54) is 0 Å². The molecule has 0 bridgehead atoms. The maximum atomic E-state index is 5.19. The van der Waals surface area contributed by atoms with Crippen LogP contribution in [0.4, 0.5) is 11.8 Å². The molecule has 0 aliphatic carbocycles. The molecule has 0 aliphatic heterocycles. The number of nitrogens with zero attached hydrogens (tertiary/aromatic N) is 4. The number of benzene rings is 1. The monoisotopic (exact) mass is 376 g/mol. The number of nitrogens with one attached hydrogen (secondary N) is 2. The number of methoxy groups -OCH3 is 1. The Bertz CT molecular complexity index is 834. The van der Waals surface area contributed by atoms with Crippen LogP contribution < -0.4 is 15.4 Å². The summed E-state index contributed by atoms with van der Waals surface area (Å²) in [5, 5.41) is 11.9. The number of hydrogen-bond donors (Lipinski definition) is 2. The van der Waals surface area contributed by atoms with E-state index in [0.29, 0.717) is 12.5 Å². The Kier molecular flexibility index (Phi) is 7.03. The van der Waals surface area contributed by atoms with E-state index in [2.05, 4.69) is 32.6 Å². The Morgan fingerprint density at radius 3 is 2.58 bits per heavy atom. The number of aromatic nitrogens is 4. The summed E-state index contributed by atoms with van der Waals surface area (Å²) < 4.78 is 6.96. The van der Waals surface area contributed by atoms with Crippen LogP contribution in [-0.2, 0) is 13.6 Å². The highest BCUT2D eigenvalue weighted by Crippen LogP contribution is 2.22. The van der Waals surface area contributed by atoms with E-state index in [1.807, 2.05) is 31.3 Å². The molecule has 2 heterocycles. The number of rotatable bonds is 8. The molecule has 0 fully saturated rings. The van der Waals surface area contributed by atoms with Crippen molar-refractivity contribution in [2.45, 2.75) is 26.3 Å². The highest BCUT2D eigenvalue weighted by molar-refractivity contribution is 5.87. The lowest BCUT2D eigenvalue weighted by atomic mass is 10.2. The lowest BCUT2D eigenvalue weighted by Crippen LogP contribution is -2.09. The normalized spacial score (nSPS) is 10.4. The molecule has 0 radical (unpaired) electrons. The Balaban J connectivity index is 0.00000243. The summed E-state index contributed by atoms with van der Waals surface area (Å²) in [6.45, 7) is 3.69. The van der Waals surface area contributed by atoms with Gasteiger partial charge in [0.05, 0.1) is 18.7 Å². The lowest BCUT2D eigenvalue weighted by molar-refractivity contribution is 0.414. The molecule has 3 aromatic rings. The summed E-state index contributed by atoms with van der Waals surface area (Å²) >= 11 is 0. The molecule has 0 spiro atoms. The molecule has 0 aliphatic rings. The lowest BCUT2D eigenvalue weighted by Gasteiger charge is -2.10. The molecule has 3 rings (SSSR count). The van der Waals surface area contributed by atoms with Crippen molar-refractivity contribution < 1.29 is 4.74 Å². The zero-order valence-electron chi connectivity index (χ0n) is 15.3. The van der Waals surface area contributed by atoms with E-state index in [4.69, 9.17) is 4.74 Å². The van der Waals surface area contributed by atoms with Gasteiger partial charge in [0, 0.05) is 20.1 Å². The maximum absolute atomic E-state index is 5.19. The van der Waals surface area contributed by atoms with E-state index in [1.54, 1.807) is 18.0 Å². The summed E-state index contributed by atoms with van der Waals surface area (Å²) in [7, 11) is 3.55. The molecule has 2 N–H and O–H groups in total. The standard InChI is InChI=1S/C18H24N6O.ClH/c1-4-5-10-19-18-22-16(15-12-21-24(2)17(15)23-18)20-11-13-6-8-14(25-3)9-7-13;/h6-9,12H,4-5,10-11H2,1-3H3,(H2,19,20,22,23);1H. The highest BCUT2D eigenvalue weighted by Gasteiger charge is 2.11. The third-order valence-corrected chi connectivity index (χ3v) is 4.02. The van der Waals surface area contributed by atoms with Gasteiger partial charge < -0.3 is 15.4 Å². The summed E-state index contributed by atoms with van der Waals surface area (Å²) in [5.41, 5.74) is 1.96. The fraction of sp³-hybridized carbons (Fsp3) is 0.389. The molecular formula is C18H25ClN6O. The first kappa shape index (κ1) is 19.8. The van der Waals surface area contributed by atoms with Crippen molar-refractivity contribution >= 4 is 35.2 Å². The minimum atomic E-state index is 0. The van der Waals surface area contributed by atoms with Crippen LogP contribution in [-0.4, -0.2) is 33.4 Å². The number of ether oxygens (including phenoxy) is 1. The van der Waals surface area contributed by atoms with Crippen LogP contribution in [0, 0.1) is 0 Å². The zero-order valence-corrected chi connectivity index (χ0v) is 16.1. The molecule has 140 valence electrons. The summed E-state index contributed by atoms with van der Waals surface area (Å²) in [4.78, 5) is 9.19. The van der Waals surface area contributed by atoms with Gasteiger partial charge in [-0.15, -0.1) is 12.4 Å². The van der Waals surface area contributed by atoms with Gasteiger partial charge in [0.1, 0.15) is 11.6 Å². The largest absolute Gasteiger partial charge is 0.497 e. The first-order chi connectivity index (χ1) is 12.2. The molecule has 0 unspecified atom stereocenters. The van der Waals surface area contributed by atoms with E-state index in [9.17, 15) is 0 Å². The Labute approximate surface area is 159 Å². The van der Waals surface area contributed by atoms with Crippen molar-refractivity contribution in [2.24, 2.45) is 7.05 Å². The molecule has 0 saturated heterocycles. The quantitative estimate of drug-likeness (QED) is 0.585. The fourth-order valence-corrected chi connectivity index (χ4v) is 2.54. The van der Waals surface area contributed by atoms with E-state index >= 15 is 0 Å². The number of halogens is 1. The van der Waals surface area contributed by atoms with Gasteiger partial charge in [-0.2, -0.15) is 15.1 Å². The predicted molar refractivity (Wildman–Crippen MR) is 107 cm³/mol. The van der Waals surface area contributed by atoms with Crippen molar-refractivity contribution in [2.75, 3.05) is 24.3 Å². The van der Waals surface area contributed by atoms with Crippen molar-refractivity contribution in [3.05, 3.63) is 36.0 Å². The Morgan fingerprint density at radius 2 is 1.88 bits per heavy atom. The first-order valence-corrected chi connectivity index (χ1v) is 8.51. The average Bonchev–Trinajstić information content (AvgIpc) is 3.02. The van der Waals surface area contributed by atoms with Crippen molar-refractivity contribution in [1.29, 1.82) is 0 Å².